The Morgan fingerprint density at radius 2 is 0.865 bits per heavy atom. The third-order valence-electron chi connectivity index (χ3n) is 7.98. The smallest absolute Gasteiger partial charge is 0.0565 e. The van der Waals surface area contributed by atoms with Crippen LogP contribution in [0, 0.1) is 23.7 Å². The fourth-order valence-corrected chi connectivity index (χ4v) is 4.91. The van der Waals surface area contributed by atoms with Crippen molar-refractivity contribution < 1.29 is 23.7 Å². The summed E-state index contributed by atoms with van der Waals surface area (Å²) in [6.45, 7) is 18.1. The lowest BCUT2D eigenvalue weighted by molar-refractivity contribution is -0.0142. The van der Waals surface area contributed by atoms with Gasteiger partial charge in [-0.05, 0) is 51.4 Å². The minimum absolute atomic E-state index is 0.245. The highest BCUT2D eigenvalue weighted by Crippen LogP contribution is 2.25. The Morgan fingerprint density at radius 1 is 0.486 bits per heavy atom. The summed E-state index contributed by atoms with van der Waals surface area (Å²) in [6, 6.07) is 0. The van der Waals surface area contributed by atoms with Gasteiger partial charge in [-0.25, -0.2) is 0 Å². The van der Waals surface area contributed by atoms with Crippen molar-refractivity contribution in [3.63, 3.8) is 0 Å². The van der Waals surface area contributed by atoms with Gasteiger partial charge < -0.3 is 23.7 Å². The quantitative estimate of drug-likeness (QED) is 0.0951. The number of unbranched alkanes of at least 4 members (excludes halogenated alkanes) is 2. The van der Waals surface area contributed by atoms with E-state index in [2.05, 4.69) is 41.5 Å². The van der Waals surface area contributed by atoms with Crippen molar-refractivity contribution in [3.8, 4) is 0 Å². The molecule has 0 amide bonds. The first-order valence-electron chi connectivity index (χ1n) is 15.7. The highest BCUT2D eigenvalue weighted by Gasteiger charge is 2.20. The third kappa shape index (κ3) is 21.3. The number of rotatable bonds is 28. The highest BCUT2D eigenvalue weighted by molar-refractivity contribution is 4.69. The van der Waals surface area contributed by atoms with Crippen LogP contribution in [0.4, 0.5) is 0 Å². The first-order valence-corrected chi connectivity index (χ1v) is 15.7. The number of ether oxygens (including phenoxy) is 5. The van der Waals surface area contributed by atoms with Crippen molar-refractivity contribution in [1.29, 1.82) is 0 Å². The lowest BCUT2D eigenvalue weighted by Crippen LogP contribution is -2.25. The lowest BCUT2D eigenvalue weighted by atomic mass is 9.88. The predicted octanol–water partition coefficient (Wildman–Crippen LogP) is 8.33. The van der Waals surface area contributed by atoms with E-state index in [-0.39, 0.29) is 12.2 Å². The molecule has 0 fully saturated rings. The molecule has 6 unspecified atom stereocenters. The van der Waals surface area contributed by atoms with Crippen LogP contribution in [0.2, 0.25) is 0 Å². The fraction of sp³-hybridized carbons (Fsp3) is 1.00. The van der Waals surface area contributed by atoms with Crippen LogP contribution in [0.5, 0.6) is 0 Å². The zero-order valence-corrected chi connectivity index (χ0v) is 26.2. The maximum Gasteiger partial charge on any atom is 0.0565 e. The Labute approximate surface area is 232 Å². The van der Waals surface area contributed by atoms with Crippen LogP contribution >= 0.6 is 0 Å². The fourth-order valence-electron chi connectivity index (χ4n) is 4.91. The van der Waals surface area contributed by atoms with E-state index in [1.165, 1.54) is 64.2 Å². The van der Waals surface area contributed by atoms with Crippen molar-refractivity contribution in [2.75, 3.05) is 53.9 Å². The number of hydrogen-bond acceptors (Lipinski definition) is 5. The Hall–Kier alpha value is -0.200. The zero-order valence-electron chi connectivity index (χ0n) is 26.2. The van der Waals surface area contributed by atoms with Gasteiger partial charge in [0.15, 0.2) is 0 Å². The van der Waals surface area contributed by atoms with E-state index in [1.807, 2.05) is 0 Å². The van der Waals surface area contributed by atoms with E-state index < -0.39 is 0 Å². The molecule has 37 heavy (non-hydrogen) atoms. The largest absolute Gasteiger partial charge is 0.382 e. The first kappa shape index (κ1) is 36.8. The van der Waals surface area contributed by atoms with E-state index >= 15 is 0 Å². The van der Waals surface area contributed by atoms with Crippen LogP contribution < -0.4 is 0 Å². The molecule has 0 spiro atoms. The molecular formula is C32H66O5. The minimum Gasteiger partial charge on any atom is -0.382 e. The van der Waals surface area contributed by atoms with E-state index in [9.17, 15) is 0 Å². The monoisotopic (exact) mass is 530 g/mol. The second-order valence-corrected chi connectivity index (χ2v) is 11.4. The average molecular weight is 531 g/mol. The Bertz CT molecular complexity index is 420. The van der Waals surface area contributed by atoms with Gasteiger partial charge in [-0.2, -0.15) is 0 Å². The molecule has 5 nitrogen and oxygen atoms in total. The number of methoxy groups -OCH3 is 2. The van der Waals surface area contributed by atoms with Crippen LogP contribution in [0.25, 0.3) is 0 Å². The van der Waals surface area contributed by atoms with Gasteiger partial charge in [-0.15, -0.1) is 0 Å². The minimum atomic E-state index is 0.245. The van der Waals surface area contributed by atoms with Crippen molar-refractivity contribution >= 4 is 0 Å². The highest BCUT2D eigenvalue weighted by atomic mass is 16.5. The molecule has 0 radical (unpaired) electrons. The molecule has 0 aliphatic carbocycles. The van der Waals surface area contributed by atoms with E-state index in [0.29, 0.717) is 11.8 Å². The molecule has 6 atom stereocenters. The van der Waals surface area contributed by atoms with Crippen molar-refractivity contribution in [2.45, 2.75) is 131 Å². The van der Waals surface area contributed by atoms with Crippen molar-refractivity contribution in [2.24, 2.45) is 23.7 Å². The second kappa shape index (κ2) is 26.0. The van der Waals surface area contributed by atoms with Gasteiger partial charge in [-0.3, -0.25) is 0 Å². The molecule has 0 rings (SSSR count). The molecule has 0 N–H and O–H groups in total. The summed E-state index contributed by atoms with van der Waals surface area (Å²) < 4.78 is 29.4. The Morgan fingerprint density at radius 3 is 1.19 bits per heavy atom. The van der Waals surface area contributed by atoms with E-state index in [1.54, 1.807) is 14.2 Å². The summed E-state index contributed by atoms with van der Waals surface area (Å²) in [6.07, 6.45) is 15.0. The maximum atomic E-state index is 6.45. The summed E-state index contributed by atoms with van der Waals surface area (Å²) in [4.78, 5) is 0. The molecule has 0 aliphatic rings. The molecule has 0 saturated heterocycles. The van der Waals surface area contributed by atoms with Gasteiger partial charge in [0.1, 0.15) is 0 Å². The second-order valence-electron chi connectivity index (χ2n) is 11.4. The molecule has 0 aromatic heterocycles. The molecule has 0 aromatic carbocycles. The van der Waals surface area contributed by atoms with Gasteiger partial charge >= 0.3 is 0 Å². The SMILES string of the molecule is CCCCC(CC)CC(COCCC(C)OC)COCC(COCCC(C)OC)CC(CC)CCCC. The Balaban J connectivity index is 4.93. The molecular weight excluding hydrogens is 464 g/mol. The van der Waals surface area contributed by atoms with Gasteiger partial charge in [0.05, 0.1) is 38.6 Å². The summed E-state index contributed by atoms with van der Waals surface area (Å²) in [7, 11) is 3.54. The van der Waals surface area contributed by atoms with Gasteiger partial charge in [-0.1, -0.05) is 79.1 Å². The molecule has 0 heterocycles. The molecule has 0 aromatic rings. The normalized spacial score (nSPS) is 16.9. The summed E-state index contributed by atoms with van der Waals surface area (Å²) >= 11 is 0. The maximum absolute atomic E-state index is 6.45. The average Bonchev–Trinajstić information content (AvgIpc) is 2.92. The standard InChI is InChI=1S/C32H66O5/c1-9-13-15-29(11-3)21-31(23-35-19-17-27(5)33-7)25-37-26-32(22-30(12-4)16-14-10-2)24-36-20-18-28(6)34-8/h27-32H,9-26H2,1-8H3. The van der Waals surface area contributed by atoms with Crippen molar-refractivity contribution in [3.05, 3.63) is 0 Å². The van der Waals surface area contributed by atoms with Crippen molar-refractivity contribution in [1.82, 2.24) is 0 Å². The van der Waals surface area contributed by atoms with E-state index in [0.717, 1.165) is 64.3 Å². The van der Waals surface area contributed by atoms with Crippen LogP contribution in [0.3, 0.4) is 0 Å². The molecule has 5 heteroatoms. The van der Waals surface area contributed by atoms with Gasteiger partial charge in [0, 0.05) is 39.3 Å². The summed E-state index contributed by atoms with van der Waals surface area (Å²) in [5, 5.41) is 0. The number of hydrogen-bond donors (Lipinski definition) is 0. The predicted molar refractivity (Wildman–Crippen MR) is 157 cm³/mol. The van der Waals surface area contributed by atoms with Crippen LogP contribution in [0.1, 0.15) is 119 Å². The summed E-state index contributed by atoms with van der Waals surface area (Å²) in [5.41, 5.74) is 0. The third-order valence-corrected chi connectivity index (χ3v) is 7.98. The first-order chi connectivity index (χ1) is 17.9. The molecule has 0 saturated carbocycles. The van der Waals surface area contributed by atoms with Gasteiger partial charge in [0.25, 0.3) is 0 Å². The van der Waals surface area contributed by atoms with Gasteiger partial charge in [0.2, 0.25) is 0 Å². The molecule has 0 bridgehead atoms. The van der Waals surface area contributed by atoms with Crippen LogP contribution in [-0.2, 0) is 23.7 Å². The lowest BCUT2D eigenvalue weighted by Gasteiger charge is -2.26. The van der Waals surface area contributed by atoms with E-state index in [4.69, 9.17) is 23.7 Å². The van der Waals surface area contributed by atoms with Crippen LogP contribution in [0.15, 0.2) is 0 Å². The molecule has 224 valence electrons. The topological polar surface area (TPSA) is 46.2 Å². The Kier molecular flexibility index (Phi) is 25.9. The molecule has 0 aliphatic heterocycles. The van der Waals surface area contributed by atoms with Crippen LogP contribution in [-0.4, -0.2) is 66.1 Å². The summed E-state index contributed by atoms with van der Waals surface area (Å²) in [5.74, 6) is 2.42. The zero-order chi connectivity index (χ0) is 27.7.